The van der Waals surface area contributed by atoms with Crippen molar-refractivity contribution < 1.29 is 14.2 Å². The molecule has 34 heavy (non-hydrogen) atoms. The van der Waals surface area contributed by atoms with Crippen molar-refractivity contribution in [2.75, 3.05) is 4.90 Å². The fourth-order valence-corrected chi connectivity index (χ4v) is 4.51. The summed E-state index contributed by atoms with van der Waals surface area (Å²) in [5.41, 5.74) is 2.12. The second-order valence-corrected chi connectivity index (χ2v) is 10.5. The van der Waals surface area contributed by atoms with Crippen LogP contribution in [0.3, 0.4) is 0 Å². The van der Waals surface area contributed by atoms with Crippen LogP contribution >= 0.6 is 27.3 Å². The molecule has 3 aromatic rings. The molecule has 0 radical (unpaired) electrons. The summed E-state index contributed by atoms with van der Waals surface area (Å²) in [6, 6.07) is 5.58. The molecule has 178 valence electrons. The zero-order chi connectivity index (χ0) is 24.6. The first-order chi connectivity index (χ1) is 16.0. The third-order valence-electron chi connectivity index (χ3n) is 5.24. The highest BCUT2D eigenvalue weighted by Gasteiger charge is 2.25. The Labute approximate surface area is 210 Å². The number of nitrogens with zero attached hydrogens (tertiary/aromatic N) is 5. The summed E-state index contributed by atoms with van der Waals surface area (Å²) in [6.07, 6.45) is 2.74. The van der Waals surface area contributed by atoms with Gasteiger partial charge in [-0.25, -0.2) is 24.3 Å². The van der Waals surface area contributed by atoms with Gasteiger partial charge in [0.05, 0.1) is 21.4 Å². The first-order valence-electron chi connectivity index (χ1n) is 10.7. The molecule has 4 rings (SSSR count). The molecule has 0 amide bonds. The molecule has 1 aromatic carbocycles. The molecule has 1 N–H and O–H groups in total. The Bertz CT molecular complexity index is 1280. The first kappa shape index (κ1) is 24.4. The summed E-state index contributed by atoms with van der Waals surface area (Å²) < 4.78 is 21.2. The quantitative estimate of drug-likeness (QED) is 0.449. The minimum atomic E-state index is -1.28. The van der Waals surface area contributed by atoms with Gasteiger partial charge in [0.25, 0.3) is 0 Å². The number of ether oxygens (including phenoxy) is 1. The van der Waals surface area contributed by atoms with E-state index in [1.165, 1.54) is 0 Å². The lowest BCUT2D eigenvalue weighted by molar-refractivity contribution is 0.0686. The van der Waals surface area contributed by atoms with Gasteiger partial charge in [-0.1, -0.05) is 12.1 Å². The highest BCUT2D eigenvalue weighted by molar-refractivity contribution is 9.12. The number of aliphatic imine (C=N–C) groups is 1. The summed E-state index contributed by atoms with van der Waals surface area (Å²) >= 11 is 5.15. The maximum Gasteiger partial charge on any atom is 0.227 e. The maximum atomic E-state index is 14.7. The van der Waals surface area contributed by atoms with E-state index in [4.69, 9.17) is 9.73 Å². The topological polar surface area (TPSA) is 83.7 Å². The van der Waals surface area contributed by atoms with Crippen LogP contribution in [-0.2, 0) is 16.9 Å². The number of benzene rings is 1. The molecule has 1 unspecified atom stereocenters. The van der Waals surface area contributed by atoms with Gasteiger partial charge in [0.15, 0.2) is 11.6 Å². The van der Waals surface area contributed by atoms with Crippen molar-refractivity contribution in [1.82, 2.24) is 15.0 Å². The van der Waals surface area contributed by atoms with E-state index in [0.717, 1.165) is 28.1 Å². The van der Waals surface area contributed by atoms with E-state index >= 15 is 0 Å². The van der Waals surface area contributed by atoms with Crippen molar-refractivity contribution in [3.8, 4) is 11.3 Å². The number of hydrogen-bond donors (Lipinski definition) is 1. The van der Waals surface area contributed by atoms with E-state index in [1.807, 2.05) is 49.4 Å². The van der Waals surface area contributed by atoms with E-state index in [9.17, 15) is 9.50 Å². The maximum absolute atomic E-state index is 14.7. The van der Waals surface area contributed by atoms with Crippen LogP contribution in [0.5, 0.6) is 0 Å². The van der Waals surface area contributed by atoms with Crippen LogP contribution in [0.15, 0.2) is 45.5 Å². The van der Waals surface area contributed by atoms with Crippen molar-refractivity contribution in [3.05, 3.63) is 68.4 Å². The number of rotatable bonds is 5. The minimum absolute atomic E-state index is 0.132. The molecule has 1 aliphatic rings. The van der Waals surface area contributed by atoms with Gasteiger partial charge in [-0.15, -0.1) is 11.3 Å². The fraction of sp³-hybridized carbons (Fsp3) is 0.333. The number of anilines is 1. The molecule has 0 saturated heterocycles. The molecule has 1 aliphatic heterocycles. The van der Waals surface area contributed by atoms with Crippen LogP contribution in [0.2, 0.25) is 0 Å². The Morgan fingerprint density at radius 1 is 1.26 bits per heavy atom. The van der Waals surface area contributed by atoms with Gasteiger partial charge in [-0.2, -0.15) is 0 Å². The Balaban J connectivity index is 1.62. The monoisotopic (exact) mass is 545 g/mol. The third kappa shape index (κ3) is 5.18. The molecule has 10 heteroatoms. The Hall–Kier alpha value is -2.69. The number of halogens is 2. The highest BCUT2D eigenvalue weighted by Crippen LogP contribution is 2.33. The molecular formula is C24H25BrFN5O2S. The van der Waals surface area contributed by atoms with Gasteiger partial charge < -0.3 is 14.7 Å². The molecule has 3 heterocycles. The van der Waals surface area contributed by atoms with Gasteiger partial charge in [-0.05, 0) is 62.2 Å². The average molecular weight is 546 g/mol. The van der Waals surface area contributed by atoms with E-state index in [-0.39, 0.29) is 17.7 Å². The van der Waals surface area contributed by atoms with Gasteiger partial charge in [0.2, 0.25) is 5.90 Å². The summed E-state index contributed by atoms with van der Waals surface area (Å²) in [7, 11) is 0. The van der Waals surface area contributed by atoms with Crippen LogP contribution in [-0.4, -0.2) is 32.1 Å². The minimum Gasteiger partial charge on any atom is -0.470 e. The highest BCUT2D eigenvalue weighted by atomic mass is 79.9. The first-order valence-corrected chi connectivity index (χ1v) is 12.3. The molecule has 7 nitrogen and oxygen atoms in total. The van der Waals surface area contributed by atoms with E-state index in [2.05, 4.69) is 30.9 Å². The summed E-state index contributed by atoms with van der Waals surface area (Å²) in [6.45, 7) is 9.36. The van der Waals surface area contributed by atoms with Gasteiger partial charge in [0.1, 0.15) is 24.1 Å². The van der Waals surface area contributed by atoms with E-state index in [0.29, 0.717) is 22.6 Å². The Kier molecular flexibility index (Phi) is 6.84. The number of aryl methyl sites for hydroxylation is 2. The van der Waals surface area contributed by atoms with Crippen LogP contribution in [0.1, 0.15) is 42.9 Å². The molecule has 2 aromatic heterocycles. The van der Waals surface area contributed by atoms with Crippen molar-refractivity contribution >= 4 is 38.9 Å². The number of hydrogen-bond acceptors (Lipinski definition) is 8. The van der Waals surface area contributed by atoms with E-state index < -0.39 is 11.4 Å². The van der Waals surface area contributed by atoms with Crippen molar-refractivity contribution in [2.24, 2.45) is 4.99 Å². The molecule has 1 atom stereocenters. The summed E-state index contributed by atoms with van der Waals surface area (Å²) in [5.74, 6) is 0.0961. The number of aromatic nitrogens is 3. The molecule has 0 saturated carbocycles. The number of aliphatic hydroxyl groups is 1. The van der Waals surface area contributed by atoms with Crippen molar-refractivity contribution in [1.29, 1.82) is 0 Å². The molecule has 0 spiro atoms. The standard InChI is InChI=1S/C24H25BrFN5O2S/c1-13-6-7-16(21-19(26)9-27-23(30-21)24(4,5)32)8-20(13)31-10-18(25)22(28-14(31)2)33-11-17-12-34-15(3)29-17/h6-10,12,14,32H,11H2,1-5H3. The van der Waals surface area contributed by atoms with Crippen LogP contribution < -0.4 is 4.90 Å². The third-order valence-corrected chi connectivity index (χ3v) is 6.61. The van der Waals surface area contributed by atoms with Crippen LogP contribution in [0, 0.1) is 19.7 Å². The second kappa shape index (κ2) is 9.52. The van der Waals surface area contributed by atoms with Gasteiger partial charge in [-0.3, -0.25) is 0 Å². The SMILES string of the molecule is Cc1nc(COC2=NC(C)N(c3cc(-c4nc(C(C)(C)O)ncc4F)ccc3C)C=C2Br)cs1. The molecule has 0 bridgehead atoms. The van der Waals surface area contributed by atoms with Crippen molar-refractivity contribution in [2.45, 2.75) is 53.0 Å². The van der Waals surface area contributed by atoms with Crippen LogP contribution in [0.4, 0.5) is 10.1 Å². The lowest BCUT2D eigenvalue weighted by Crippen LogP contribution is -2.32. The lowest BCUT2D eigenvalue weighted by Gasteiger charge is -2.31. The second-order valence-electron chi connectivity index (χ2n) is 8.55. The molecular weight excluding hydrogens is 521 g/mol. The normalized spacial score (nSPS) is 16.4. The zero-order valence-corrected chi connectivity index (χ0v) is 21.9. The molecule has 0 aliphatic carbocycles. The van der Waals surface area contributed by atoms with E-state index in [1.54, 1.807) is 31.3 Å². The summed E-state index contributed by atoms with van der Waals surface area (Å²) in [5, 5.41) is 13.2. The zero-order valence-electron chi connectivity index (χ0n) is 19.5. The van der Waals surface area contributed by atoms with Gasteiger partial charge in [0, 0.05) is 22.8 Å². The Morgan fingerprint density at radius 2 is 2.03 bits per heavy atom. The Morgan fingerprint density at radius 3 is 2.71 bits per heavy atom. The average Bonchev–Trinajstić information content (AvgIpc) is 3.19. The largest absolute Gasteiger partial charge is 0.470 e. The molecule has 0 fully saturated rings. The predicted octanol–water partition coefficient (Wildman–Crippen LogP) is 5.60. The fourth-order valence-electron chi connectivity index (χ4n) is 3.47. The summed E-state index contributed by atoms with van der Waals surface area (Å²) in [4.78, 5) is 19.3. The smallest absolute Gasteiger partial charge is 0.227 e. The predicted molar refractivity (Wildman–Crippen MR) is 135 cm³/mol. The van der Waals surface area contributed by atoms with Gasteiger partial charge >= 0.3 is 0 Å². The van der Waals surface area contributed by atoms with Crippen molar-refractivity contribution in [3.63, 3.8) is 0 Å². The lowest BCUT2D eigenvalue weighted by atomic mass is 10.0. The number of thiazole rings is 1. The van der Waals surface area contributed by atoms with Crippen LogP contribution in [0.25, 0.3) is 11.3 Å².